The normalized spacial score (nSPS) is 12.2. The molecule has 0 aliphatic rings. The lowest BCUT2D eigenvalue weighted by molar-refractivity contribution is 0.209. The number of hydrogen-bond acceptors (Lipinski definition) is 3. The van der Waals surface area contributed by atoms with Gasteiger partial charge in [-0.3, -0.25) is 4.98 Å². The minimum atomic E-state index is -1.10. The first-order valence-electron chi connectivity index (χ1n) is 5.25. The lowest BCUT2D eigenvalue weighted by Crippen LogP contribution is -2.05. The Hall–Kier alpha value is -1.46. The second-order valence-electron chi connectivity index (χ2n) is 3.66. The maximum Gasteiger partial charge on any atom is 0.143 e. The zero-order valence-corrected chi connectivity index (χ0v) is 11.2. The van der Waals surface area contributed by atoms with E-state index in [-0.39, 0.29) is 5.56 Å². The summed E-state index contributed by atoms with van der Waals surface area (Å²) in [6.07, 6.45) is 1.91. The predicted molar refractivity (Wildman–Crippen MR) is 69.0 cm³/mol. The fraction of sp³-hybridized carbons (Fsp3) is 0.154. The molecule has 1 N–H and O–H groups in total. The minimum absolute atomic E-state index is 0.189. The Balaban J connectivity index is 2.48. The molecule has 0 aliphatic heterocycles. The molecule has 3 nitrogen and oxygen atoms in total. The molecule has 1 aromatic heterocycles. The number of hydrogen-bond donors (Lipinski definition) is 1. The summed E-state index contributed by atoms with van der Waals surface area (Å²) in [5.41, 5.74) is 0.665. The largest absolute Gasteiger partial charge is 0.495 e. The van der Waals surface area contributed by atoms with E-state index in [1.165, 1.54) is 25.6 Å². The van der Waals surface area contributed by atoms with Crippen molar-refractivity contribution in [1.29, 1.82) is 0 Å². The van der Waals surface area contributed by atoms with E-state index in [2.05, 4.69) is 20.9 Å². The van der Waals surface area contributed by atoms with Gasteiger partial charge in [0, 0.05) is 17.3 Å². The van der Waals surface area contributed by atoms with Gasteiger partial charge in [-0.15, -0.1) is 0 Å². The van der Waals surface area contributed by atoms with Gasteiger partial charge in [-0.05, 0) is 28.1 Å². The summed E-state index contributed by atoms with van der Waals surface area (Å²) in [5.74, 6) is -0.0618. The second-order valence-corrected chi connectivity index (χ2v) is 4.52. The Morgan fingerprint density at radius 2 is 2.11 bits per heavy atom. The average Bonchev–Trinajstić information content (AvgIpc) is 2.41. The van der Waals surface area contributed by atoms with E-state index in [9.17, 15) is 9.50 Å². The van der Waals surface area contributed by atoms with Crippen LogP contribution in [-0.4, -0.2) is 17.2 Å². The SMILES string of the molecule is COc1cnccc1C(O)c1cccc(Br)c1F. The Kier molecular flexibility index (Phi) is 3.93. The van der Waals surface area contributed by atoms with E-state index in [1.54, 1.807) is 18.2 Å². The standard InChI is InChI=1S/C13H11BrFNO2/c1-18-11-7-16-6-5-8(11)13(17)9-3-2-4-10(14)12(9)15/h2-7,13,17H,1H3. The average molecular weight is 312 g/mol. The molecule has 0 saturated heterocycles. The number of aliphatic hydroxyl groups excluding tert-OH is 1. The smallest absolute Gasteiger partial charge is 0.143 e. The van der Waals surface area contributed by atoms with Gasteiger partial charge in [0.2, 0.25) is 0 Å². The monoisotopic (exact) mass is 311 g/mol. The molecule has 18 heavy (non-hydrogen) atoms. The number of aliphatic hydroxyl groups is 1. The summed E-state index contributed by atoms with van der Waals surface area (Å²) in [6, 6.07) is 6.38. The third-order valence-electron chi connectivity index (χ3n) is 2.61. The quantitative estimate of drug-likeness (QED) is 0.947. The number of ether oxygens (including phenoxy) is 1. The van der Waals surface area contributed by atoms with E-state index in [0.29, 0.717) is 15.8 Å². The minimum Gasteiger partial charge on any atom is -0.495 e. The molecule has 1 aromatic carbocycles. The van der Waals surface area contributed by atoms with Crippen molar-refractivity contribution >= 4 is 15.9 Å². The zero-order chi connectivity index (χ0) is 13.1. The van der Waals surface area contributed by atoms with Crippen LogP contribution in [-0.2, 0) is 0 Å². The van der Waals surface area contributed by atoms with Crippen molar-refractivity contribution in [3.63, 3.8) is 0 Å². The second kappa shape index (κ2) is 5.46. The summed E-state index contributed by atoms with van der Waals surface area (Å²) >= 11 is 3.09. The van der Waals surface area contributed by atoms with Gasteiger partial charge in [0.15, 0.2) is 0 Å². The molecule has 0 bridgehead atoms. The Bertz CT molecular complexity index is 562. The van der Waals surface area contributed by atoms with Crippen LogP contribution >= 0.6 is 15.9 Å². The van der Waals surface area contributed by atoms with Crippen LogP contribution in [0.15, 0.2) is 41.1 Å². The van der Waals surface area contributed by atoms with Crippen molar-refractivity contribution in [3.8, 4) is 5.75 Å². The molecule has 1 heterocycles. The number of methoxy groups -OCH3 is 1. The highest BCUT2D eigenvalue weighted by Crippen LogP contribution is 2.32. The molecule has 2 aromatic rings. The van der Waals surface area contributed by atoms with Gasteiger partial charge in [0.1, 0.15) is 17.7 Å². The molecule has 0 aliphatic carbocycles. The summed E-state index contributed by atoms with van der Waals surface area (Å²) in [4.78, 5) is 3.89. The Morgan fingerprint density at radius 3 is 2.83 bits per heavy atom. The van der Waals surface area contributed by atoms with Crippen molar-refractivity contribution in [2.45, 2.75) is 6.10 Å². The van der Waals surface area contributed by atoms with Gasteiger partial charge in [-0.1, -0.05) is 12.1 Å². The lowest BCUT2D eigenvalue weighted by Gasteiger charge is -2.15. The Labute approximate surface area is 112 Å². The van der Waals surface area contributed by atoms with Crippen LogP contribution in [0.3, 0.4) is 0 Å². The Morgan fingerprint density at radius 1 is 1.33 bits per heavy atom. The van der Waals surface area contributed by atoms with Gasteiger partial charge >= 0.3 is 0 Å². The summed E-state index contributed by atoms with van der Waals surface area (Å²) in [7, 11) is 1.48. The molecule has 1 unspecified atom stereocenters. The van der Waals surface area contributed by atoms with Crippen molar-refractivity contribution in [3.05, 3.63) is 58.1 Å². The maximum absolute atomic E-state index is 13.9. The lowest BCUT2D eigenvalue weighted by atomic mass is 10.0. The molecule has 0 radical (unpaired) electrons. The van der Waals surface area contributed by atoms with Crippen LogP contribution in [0.4, 0.5) is 4.39 Å². The van der Waals surface area contributed by atoms with Crippen LogP contribution in [0.2, 0.25) is 0 Å². The van der Waals surface area contributed by atoms with Crippen molar-refractivity contribution < 1.29 is 14.2 Å². The maximum atomic E-state index is 13.9. The third-order valence-corrected chi connectivity index (χ3v) is 3.22. The summed E-state index contributed by atoms with van der Waals surface area (Å²) < 4.78 is 19.3. The fourth-order valence-corrected chi connectivity index (χ4v) is 2.07. The van der Waals surface area contributed by atoms with Gasteiger partial charge in [0.25, 0.3) is 0 Å². The van der Waals surface area contributed by atoms with Crippen LogP contribution < -0.4 is 4.74 Å². The van der Waals surface area contributed by atoms with Crippen molar-refractivity contribution in [1.82, 2.24) is 4.98 Å². The molecule has 0 amide bonds. The highest BCUT2D eigenvalue weighted by Gasteiger charge is 2.19. The van der Waals surface area contributed by atoms with Crippen LogP contribution in [0.25, 0.3) is 0 Å². The molecule has 2 rings (SSSR count). The van der Waals surface area contributed by atoms with Gasteiger partial charge < -0.3 is 9.84 Å². The van der Waals surface area contributed by atoms with Gasteiger partial charge in [-0.25, -0.2) is 4.39 Å². The van der Waals surface area contributed by atoms with E-state index in [4.69, 9.17) is 4.74 Å². The molecular formula is C13H11BrFNO2. The first-order valence-corrected chi connectivity index (χ1v) is 6.04. The summed E-state index contributed by atoms with van der Waals surface area (Å²) in [6.45, 7) is 0. The van der Waals surface area contributed by atoms with E-state index < -0.39 is 11.9 Å². The molecule has 94 valence electrons. The molecule has 1 atom stereocenters. The molecule has 0 saturated carbocycles. The number of aromatic nitrogens is 1. The van der Waals surface area contributed by atoms with E-state index in [0.717, 1.165) is 0 Å². The number of pyridine rings is 1. The number of rotatable bonds is 3. The number of nitrogens with zero attached hydrogens (tertiary/aromatic N) is 1. The topological polar surface area (TPSA) is 42.4 Å². The van der Waals surface area contributed by atoms with Crippen LogP contribution in [0.1, 0.15) is 17.2 Å². The van der Waals surface area contributed by atoms with Crippen molar-refractivity contribution in [2.24, 2.45) is 0 Å². The predicted octanol–water partition coefficient (Wildman–Crippen LogP) is 3.07. The molecular weight excluding hydrogens is 301 g/mol. The first kappa shape index (κ1) is 13.0. The van der Waals surface area contributed by atoms with Gasteiger partial charge in [-0.2, -0.15) is 0 Å². The van der Waals surface area contributed by atoms with Crippen molar-refractivity contribution in [2.75, 3.05) is 7.11 Å². The number of halogens is 2. The highest BCUT2D eigenvalue weighted by molar-refractivity contribution is 9.10. The van der Waals surface area contributed by atoms with E-state index >= 15 is 0 Å². The zero-order valence-electron chi connectivity index (χ0n) is 9.60. The summed E-state index contributed by atoms with van der Waals surface area (Å²) in [5, 5.41) is 10.2. The van der Waals surface area contributed by atoms with E-state index in [1.807, 2.05) is 0 Å². The van der Waals surface area contributed by atoms with Gasteiger partial charge in [0.05, 0.1) is 17.8 Å². The molecule has 5 heteroatoms. The number of benzene rings is 1. The van der Waals surface area contributed by atoms with Crippen LogP contribution in [0.5, 0.6) is 5.75 Å². The fourth-order valence-electron chi connectivity index (χ4n) is 1.69. The highest BCUT2D eigenvalue weighted by atomic mass is 79.9. The van der Waals surface area contributed by atoms with Crippen LogP contribution in [0, 0.1) is 5.82 Å². The first-order chi connectivity index (χ1) is 8.65. The molecule has 0 fully saturated rings. The third kappa shape index (κ3) is 2.37. The molecule has 0 spiro atoms.